The lowest BCUT2D eigenvalue weighted by molar-refractivity contribution is -0.151. The average molecular weight is 1570 g/mol. The Balaban J connectivity index is 4.49. The lowest BCUT2D eigenvalue weighted by Crippen LogP contribution is -2.70. The molecule has 1 heterocycles. The van der Waals surface area contributed by atoms with Crippen LogP contribution < -0.4 is 114 Å². The highest BCUT2D eigenvalue weighted by molar-refractivity contribution is 6.15. The Morgan fingerprint density at radius 3 is 1.44 bits per heavy atom. The van der Waals surface area contributed by atoms with Crippen LogP contribution >= 0.6 is 0 Å². The van der Waals surface area contributed by atoms with Crippen molar-refractivity contribution >= 4 is 127 Å². The number of rotatable bonds is 55. The zero-order chi connectivity index (χ0) is 84.4. The Morgan fingerprint density at radius 2 is 1.00 bits per heavy atom. The van der Waals surface area contributed by atoms with Gasteiger partial charge in [0.2, 0.25) is 17.7 Å². The number of Topliss-reactive ketones (excluding diaryl/α,β-unsaturated/α-hetero) is 2. The Hall–Kier alpha value is -10.1. The van der Waals surface area contributed by atoms with Crippen LogP contribution in [0, 0.1) is 23.7 Å². The second-order valence-corrected chi connectivity index (χ2v) is 27.4. The molecule has 11 amide bonds. The Labute approximate surface area is 643 Å². The number of carbonyl (C=O) groups is 20. The quantitative estimate of drug-likeness (QED) is 0.00511. The highest BCUT2D eigenvalue weighted by Crippen LogP contribution is 2.15. The van der Waals surface area contributed by atoms with Crippen molar-refractivity contribution in [3.63, 3.8) is 0 Å². The molecule has 1 aliphatic rings. The van der Waals surface area contributed by atoms with Crippen LogP contribution in [0.25, 0.3) is 0 Å². The van der Waals surface area contributed by atoms with Gasteiger partial charge in [-0.05, 0) is 76.0 Å². The van der Waals surface area contributed by atoms with Crippen molar-refractivity contribution in [1.82, 2.24) is 84.7 Å². The van der Waals surface area contributed by atoms with Gasteiger partial charge in [-0.15, -0.1) is 0 Å². The molecule has 0 bridgehead atoms. The summed E-state index contributed by atoms with van der Waals surface area (Å²) in [5, 5.41) is 37.1. The van der Waals surface area contributed by atoms with Crippen molar-refractivity contribution < 1.29 is 95.9 Å². The molecule has 27 N–H and O–H groups in total. The summed E-state index contributed by atoms with van der Waals surface area (Å²) >= 11 is 0. The third-order valence-corrected chi connectivity index (χ3v) is 17.4. The standard InChI is InChI=1S/C68H115N23O20/c1-11-36(7)44(32-97)77-39(10)78-61(105)59(83-45(33-98)37(8)12-2)90-63(107)54(76-38(9)27-92)87-66(110)58(82-43(31-96)25-34(3)4)89-65(109)57(81-42(30-95)20-22-48(71)101)88-64(108)56(79-40(28-93)17-16-23-75-68(73)74)86-60(104)52(46(99)26-69)91-24-15-13-14-18-49(102)84-55(80-41(29-94)19-21-47(70)100)62(106)85-51(67(91)111)53(103)50(72)35(5)6/h13,15,27-45,50-52,54-59,76-77,79-83H,11-12,14,16-26,69,72H2,1-10H3,(H2,70,100)(H2,71,101)(H,78,105)(H,84,102)(H,85,106)(H,86,104)(H,87,110)(H,88,108)(H,89,109)(H,90,107)(H4,73,74,75)/b15-13+/t36-,37-,38+,39-,40-,41-,42-,43-,44+,45+,50+,51+,52+,54-,55-,56-,57-,58-,59-/m1/s1. The van der Waals surface area contributed by atoms with Gasteiger partial charge in [0.1, 0.15) is 44.0 Å². The zero-order valence-corrected chi connectivity index (χ0v) is 64.2. The van der Waals surface area contributed by atoms with Gasteiger partial charge < -0.3 is 115 Å². The summed E-state index contributed by atoms with van der Waals surface area (Å²) in [7, 11) is 0. The van der Waals surface area contributed by atoms with Gasteiger partial charge in [-0.3, -0.25) is 105 Å². The third-order valence-electron chi connectivity index (χ3n) is 17.4. The summed E-state index contributed by atoms with van der Waals surface area (Å²) in [6.07, 6.45) is -10.7. The van der Waals surface area contributed by atoms with Crippen LogP contribution in [0.3, 0.4) is 0 Å². The maximum absolute atomic E-state index is 15.3. The number of hydrogen-bond acceptors (Lipinski definition) is 30. The number of nitrogens with two attached hydrogens (primary N) is 6. The molecule has 1 rings (SSSR count). The first kappa shape index (κ1) is 98.9. The van der Waals surface area contributed by atoms with Crippen LogP contribution in [0.5, 0.6) is 0 Å². The monoisotopic (exact) mass is 1570 g/mol. The topological polar surface area (TPSA) is 694 Å². The van der Waals surface area contributed by atoms with Crippen molar-refractivity contribution in [2.24, 2.45) is 63.1 Å². The predicted molar refractivity (Wildman–Crippen MR) is 399 cm³/mol. The number of ketones is 2. The first-order valence-corrected chi connectivity index (χ1v) is 36.4. The number of aldehydes is 7. The Morgan fingerprint density at radius 1 is 0.550 bits per heavy atom. The number of carbonyl (C=O) groups excluding carboxylic acids is 20. The molecule has 0 spiro atoms. The van der Waals surface area contributed by atoms with E-state index >= 15 is 19.2 Å². The van der Waals surface area contributed by atoms with Crippen molar-refractivity contribution in [3.05, 3.63) is 12.2 Å². The summed E-state index contributed by atoms with van der Waals surface area (Å²) in [6.45, 7) is 14.0. The molecule has 19 atom stereocenters. The van der Waals surface area contributed by atoms with Gasteiger partial charge in [0.25, 0.3) is 47.3 Å². The normalized spacial score (nSPS) is 19.0. The minimum absolute atomic E-state index is 0.0422. The molecule has 0 aliphatic carbocycles. The summed E-state index contributed by atoms with van der Waals surface area (Å²) in [5.74, 6) is -18.8. The minimum Gasteiger partial charge on any atom is -0.370 e. The third kappa shape index (κ3) is 36.0. The van der Waals surface area contributed by atoms with Crippen molar-refractivity contribution in [2.75, 3.05) is 19.6 Å². The van der Waals surface area contributed by atoms with E-state index in [9.17, 15) is 76.7 Å². The van der Waals surface area contributed by atoms with E-state index in [2.05, 4.69) is 84.7 Å². The maximum atomic E-state index is 15.3. The van der Waals surface area contributed by atoms with E-state index < -0.39 is 231 Å². The fraction of sp³-hybridized carbons (Fsp3) is 0.662. The molecule has 0 aromatic rings. The van der Waals surface area contributed by atoms with E-state index in [1.165, 1.54) is 39.8 Å². The number of amides is 11. The summed E-state index contributed by atoms with van der Waals surface area (Å²) < 4.78 is 0. The number of allylic oxidation sites excluding steroid dienone is 1. The summed E-state index contributed by atoms with van der Waals surface area (Å²) in [6, 6.07) is -15.7. The first-order valence-electron chi connectivity index (χ1n) is 36.4. The summed E-state index contributed by atoms with van der Waals surface area (Å²) in [5.41, 5.74) is 33.9. The predicted octanol–water partition coefficient (Wildman–Crippen LogP) is -9.94. The Kier molecular flexibility index (Phi) is 46.4. The molecular weight excluding hydrogens is 1460 g/mol. The molecule has 111 heavy (non-hydrogen) atoms. The lowest BCUT2D eigenvalue weighted by atomic mass is 9.94. The van der Waals surface area contributed by atoms with Gasteiger partial charge in [-0.1, -0.05) is 80.4 Å². The smallest absolute Gasteiger partial charge is 0.259 e. The van der Waals surface area contributed by atoms with E-state index in [0.29, 0.717) is 42.9 Å². The number of nitrogens with one attached hydrogen (secondary N) is 15. The van der Waals surface area contributed by atoms with Gasteiger partial charge in [0.05, 0.1) is 61.0 Å². The van der Waals surface area contributed by atoms with Gasteiger partial charge in [0.15, 0.2) is 66.6 Å². The van der Waals surface area contributed by atoms with Gasteiger partial charge in [-0.2, -0.15) is 0 Å². The number of primary amides is 2. The maximum Gasteiger partial charge on any atom is 0.259 e. The molecule has 0 radical (unpaired) electrons. The van der Waals surface area contributed by atoms with Gasteiger partial charge in [-0.25, -0.2) is 0 Å². The average Bonchev–Trinajstić information content (AvgIpc) is 1.26. The molecule has 622 valence electrons. The fourth-order valence-corrected chi connectivity index (χ4v) is 10.6. The van der Waals surface area contributed by atoms with E-state index in [4.69, 9.17) is 34.4 Å². The molecular formula is C68H115N23O20. The van der Waals surface area contributed by atoms with E-state index in [1.807, 2.05) is 6.92 Å². The SMILES string of the molecule is CC[C@@H](C)[C@H](C=O)N[C@@H](C)NC(=O)[C@@H](NC(=O)[C@@H](NC(=O)[C@@H](NC(=O)[C@@H](NC(=O)[C@@H](NC(=O)[C@H](C(=O)CN)N1C/C=C/CCC(=O)N[C@@H](N[C@@H](C=O)CCC(N)=O)C(=O)N[C@@H](C(=O)[C@@H](N)C(C)C)C1=O)N[C@@H](C=O)CCCN=C(N)N)N[C@@H](C=O)CCC(N)=O)N[C@@H](C=O)CC(C)C)N[C@@H](C)C=O)N[C@@H](C=O)[C@H](C)CC. The minimum atomic E-state index is -2.56. The highest BCUT2D eigenvalue weighted by Gasteiger charge is 2.45. The largest absolute Gasteiger partial charge is 0.370 e. The molecule has 43 nitrogen and oxygen atoms in total. The van der Waals surface area contributed by atoms with E-state index in [-0.39, 0.29) is 75.3 Å². The highest BCUT2D eigenvalue weighted by atomic mass is 16.2. The number of aliphatic imine (C=N–C) groups is 1. The summed E-state index contributed by atoms with van der Waals surface area (Å²) in [4.78, 5) is 277. The van der Waals surface area contributed by atoms with Crippen LogP contribution in [-0.4, -0.2) is 255 Å². The van der Waals surface area contributed by atoms with Crippen LogP contribution in [0.1, 0.15) is 140 Å². The van der Waals surface area contributed by atoms with E-state index in [0.717, 1.165) is 0 Å². The molecule has 0 saturated heterocycles. The molecule has 0 fully saturated rings. The molecule has 0 saturated carbocycles. The lowest BCUT2D eigenvalue weighted by Gasteiger charge is -2.34. The van der Waals surface area contributed by atoms with Crippen LogP contribution in [-0.2, 0) is 95.9 Å². The molecule has 43 heteroatoms. The van der Waals surface area contributed by atoms with Gasteiger partial charge in [0, 0.05) is 32.4 Å². The second kappa shape index (κ2) is 52.1. The number of hydrogen-bond donors (Lipinski definition) is 21. The van der Waals surface area contributed by atoms with Crippen molar-refractivity contribution in [3.8, 4) is 0 Å². The second-order valence-electron chi connectivity index (χ2n) is 27.4. The molecule has 0 aromatic heterocycles. The molecule has 0 unspecified atom stereocenters. The number of guanidine groups is 1. The van der Waals surface area contributed by atoms with Crippen LogP contribution in [0.15, 0.2) is 17.1 Å². The molecule has 0 aromatic carbocycles. The first-order chi connectivity index (χ1) is 52.3. The zero-order valence-electron chi connectivity index (χ0n) is 64.2. The van der Waals surface area contributed by atoms with E-state index in [1.54, 1.807) is 34.6 Å². The van der Waals surface area contributed by atoms with Crippen LogP contribution in [0.2, 0.25) is 0 Å². The number of nitrogens with zero attached hydrogens (tertiary/aromatic N) is 2. The Bertz CT molecular complexity index is 3250. The van der Waals surface area contributed by atoms with Gasteiger partial charge >= 0.3 is 0 Å². The van der Waals surface area contributed by atoms with Crippen LogP contribution in [0.4, 0.5) is 0 Å². The fourth-order valence-electron chi connectivity index (χ4n) is 10.6. The van der Waals surface area contributed by atoms with Crippen molar-refractivity contribution in [1.29, 1.82) is 0 Å². The molecule has 1 aliphatic heterocycles. The van der Waals surface area contributed by atoms with Crippen molar-refractivity contribution in [2.45, 2.75) is 243 Å².